The quantitative estimate of drug-likeness (QED) is 0.793. The Morgan fingerprint density at radius 2 is 1.79 bits per heavy atom. The monoisotopic (exact) mass is 333 g/mol. The highest BCUT2D eigenvalue weighted by Gasteiger charge is 2.26. The molecule has 1 aromatic carbocycles. The number of hydrogen-bond donors (Lipinski definition) is 0. The second-order valence-corrected chi connectivity index (χ2v) is 6.68. The van der Waals surface area contributed by atoms with Gasteiger partial charge in [-0.3, -0.25) is 4.79 Å². The first kappa shape index (κ1) is 16.6. The smallest absolute Gasteiger partial charge is 0.338 e. The lowest BCUT2D eigenvalue weighted by atomic mass is 9.92. The molecule has 0 saturated carbocycles. The molecule has 1 amide bonds. The molecular formula is C18H23NO5. The number of ether oxygens (including phenoxy) is 3. The number of carbonyl (C=O) groups excluding carboxylic acids is 2. The first-order valence-corrected chi connectivity index (χ1v) is 8.37. The van der Waals surface area contributed by atoms with Gasteiger partial charge in [0, 0.05) is 13.1 Å². The van der Waals surface area contributed by atoms with E-state index >= 15 is 0 Å². The maximum Gasteiger partial charge on any atom is 0.338 e. The first-order valence-electron chi connectivity index (χ1n) is 8.37. The first-order chi connectivity index (χ1) is 11.5. The number of likely N-dealkylation sites (tertiary alicyclic amines) is 1. The fourth-order valence-electron chi connectivity index (χ4n) is 3.34. The topological polar surface area (TPSA) is 65.1 Å². The maximum atomic E-state index is 12.3. The summed E-state index contributed by atoms with van der Waals surface area (Å²) < 4.78 is 16.0. The second-order valence-electron chi connectivity index (χ2n) is 6.68. The third kappa shape index (κ3) is 3.80. The zero-order valence-corrected chi connectivity index (χ0v) is 14.1. The number of benzene rings is 1. The minimum absolute atomic E-state index is 0.140. The lowest BCUT2D eigenvalue weighted by Crippen LogP contribution is -2.44. The molecule has 130 valence electrons. The van der Waals surface area contributed by atoms with Gasteiger partial charge in [-0.1, -0.05) is 13.8 Å². The molecule has 0 spiro atoms. The van der Waals surface area contributed by atoms with Crippen molar-refractivity contribution in [1.29, 1.82) is 0 Å². The number of amides is 1. The van der Waals surface area contributed by atoms with Crippen LogP contribution in [0.2, 0.25) is 0 Å². The average Bonchev–Trinajstić information content (AvgIpc) is 2.58. The Labute approximate surface area is 141 Å². The van der Waals surface area contributed by atoms with Crippen molar-refractivity contribution in [3.8, 4) is 11.5 Å². The van der Waals surface area contributed by atoms with Gasteiger partial charge in [0.15, 0.2) is 18.1 Å². The van der Waals surface area contributed by atoms with Crippen LogP contribution in [0.1, 0.15) is 30.6 Å². The average molecular weight is 333 g/mol. The van der Waals surface area contributed by atoms with E-state index in [2.05, 4.69) is 13.8 Å². The van der Waals surface area contributed by atoms with Crippen molar-refractivity contribution in [3.63, 3.8) is 0 Å². The lowest BCUT2D eigenvalue weighted by molar-refractivity contribution is -0.137. The highest BCUT2D eigenvalue weighted by atomic mass is 16.6. The molecule has 0 radical (unpaired) electrons. The predicted octanol–water partition coefficient (Wildman–Crippen LogP) is 2.12. The van der Waals surface area contributed by atoms with Crippen molar-refractivity contribution in [2.24, 2.45) is 11.8 Å². The molecule has 0 N–H and O–H groups in total. The summed E-state index contributed by atoms with van der Waals surface area (Å²) in [6.45, 7) is 6.45. The van der Waals surface area contributed by atoms with Crippen LogP contribution < -0.4 is 9.47 Å². The van der Waals surface area contributed by atoms with Crippen LogP contribution in [-0.2, 0) is 9.53 Å². The summed E-state index contributed by atoms with van der Waals surface area (Å²) in [5.74, 6) is 1.43. The Balaban J connectivity index is 1.56. The van der Waals surface area contributed by atoms with Crippen molar-refractivity contribution in [3.05, 3.63) is 23.8 Å². The number of carbonyl (C=O) groups is 2. The van der Waals surface area contributed by atoms with Crippen LogP contribution in [0.4, 0.5) is 0 Å². The van der Waals surface area contributed by atoms with Crippen LogP contribution in [0.15, 0.2) is 18.2 Å². The second kappa shape index (κ2) is 7.11. The molecule has 3 rings (SSSR count). The number of hydrogen-bond acceptors (Lipinski definition) is 5. The Hall–Kier alpha value is -2.24. The zero-order valence-electron chi connectivity index (χ0n) is 14.1. The van der Waals surface area contributed by atoms with E-state index in [0.29, 0.717) is 42.1 Å². The minimum Gasteiger partial charge on any atom is -0.486 e. The third-order valence-electron chi connectivity index (χ3n) is 4.33. The Kier molecular flexibility index (Phi) is 4.92. The molecule has 2 aliphatic heterocycles. The van der Waals surface area contributed by atoms with Crippen molar-refractivity contribution >= 4 is 11.9 Å². The van der Waals surface area contributed by atoms with E-state index in [9.17, 15) is 9.59 Å². The SMILES string of the molecule is CC1CC(C)CN(C(=O)COC(=O)c2ccc3c(c2)OCCO3)C1. The molecule has 24 heavy (non-hydrogen) atoms. The number of piperidine rings is 1. The molecule has 2 atom stereocenters. The van der Waals surface area contributed by atoms with Crippen LogP contribution >= 0.6 is 0 Å². The molecule has 0 bridgehead atoms. The van der Waals surface area contributed by atoms with Gasteiger partial charge in [-0.15, -0.1) is 0 Å². The van der Waals surface area contributed by atoms with Gasteiger partial charge in [0.1, 0.15) is 13.2 Å². The van der Waals surface area contributed by atoms with Crippen LogP contribution in [0.25, 0.3) is 0 Å². The minimum atomic E-state index is -0.529. The molecule has 2 heterocycles. The van der Waals surface area contributed by atoms with E-state index in [0.717, 1.165) is 19.5 Å². The molecule has 0 aliphatic carbocycles. The third-order valence-corrected chi connectivity index (χ3v) is 4.33. The number of nitrogens with zero attached hydrogens (tertiary/aromatic N) is 1. The largest absolute Gasteiger partial charge is 0.486 e. The molecule has 1 saturated heterocycles. The van der Waals surface area contributed by atoms with Gasteiger partial charge < -0.3 is 19.1 Å². The molecule has 2 unspecified atom stereocenters. The van der Waals surface area contributed by atoms with E-state index in [1.807, 2.05) is 0 Å². The standard InChI is InChI=1S/C18H23NO5/c1-12-7-13(2)10-19(9-12)17(20)11-24-18(21)14-3-4-15-16(8-14)23-6-5-22-15/h3-4,8,12-13H,5-7,9-11H2,1-2H3. The summed E-state index contributed by atoms with van der Waals surface area (Å²) in [5, 5.41) is 0. The van der Waals surface area contributed by atoms with Gasteiger partial charge in [0.25, 0.3) is 5.91 Å². The molecule has 6 heteroatoms. The van der Waals surface area contributed by atoms with Crippen LogP contribution in [0.3, 0.4) is 0 Å². The fraction of sp³-hybridized carbons (Fsp3) is 0.556. The Morgan fingerprint density at radius 3 is 2.50 bits per heavy atom. The summed E-state index contributed by atoms with van der Waals surface area (Å²) in [7, 11) is 0. The molecular weight excluding hydrogens is 310 g/mol. The lowest BCUT2D eigenvalue weighted by Gasteiger charge is -2.34. The van der Waals surface area contributed by atoms with Crippen LogP contribution in [0.5, 0.6) is 11.5 Å². The van der Waals surface area contributed by atoms with Gasteiger partial charge in [0.2, 0.25) is 0 Å². The predicted molar refractivity (Wildman–Crippen MR) is 87.2 cm³/mol. The van der Waals surface area contributed by atoms with Crippen molar-refractivity contribution in [2.45, 2.75) is 20.3 Å². The highest BCUT2D eigenvalue weighted by molar-refractivity contribution is 5.92. The number of fused-ring (bicyclic) bond motifs is 1. The van der Waals surface area contributed by atoms with Gasteiger partial charge in [-0.25, -0.2) is 4.79 Å². The summed E-state index contributed by atoms with van der Waals surface area (Å²) >= 11 is 0. The number of esters is 1. The Morgan fingerprint density at radius 1 is 1.12 bits per heavy atom. The van der Waals surface area contributed by atoms with E-state index in [-0.39, 0.29) is 12.5 Å². The van der Waals surface area contributed by atoms with E-state index in [1.165, 1.54) is 0 Å². The highest BCUT2D eigenvalue weighted by Crippen LogP contribution is 2.31. The Bertz CT molecular complexity index is 620. The van der Waals surface area contributed by atoms with Crippen LogP contribution in [0, 0.1) is 11.8 Å². The normalized spacial score (nSPS) is 22.8. The summed E-state index contributed by atoms with van der Waals surface area (Å²) in [6, 6.07) is 4.89. The summed E-state index contributed by atoms with van der Waals surface area (Å²) in [5.41, 5.74) is 0.354. The number of rotatable bonds is 3. The van der Waals surface area contributed by atoms with E-state index < -0.39 is 5.97 Å². The van der Waals surface area contributed by atoms with E-state index in [4.69, 9.17) is 14.2 Å². The fourth-order valence-corrected chi connectivity index (χ4v) is 3.34. The van der Waals surface area contributed by atoms with Crippen LogP contribution in [-0.4, -0.2) is 49.7 Å². The van der Waals surface area contributed by atoms with Crippen molar-refractivity contribution < 1.29 is 23.8 Å². The van der Waals surface area contributed by atoms with Gasteiger partial charge in [0.05, 0.1) is 5.56 Å². The molecule has 1 fully saturated rings. The maximum absolute atomic E-state index is 12.3. The van der Waals surface area contributed by atoms with E-state index in [1.54, 1.807) is 23.1 Å². The van der Waals surface area contributed by atoms with Crippen molar-refractivity contribution in [1.82, 2.24) is 4.90 Å². The summed E-state index contributed by atoms with van der Waals surface area (Å²) in [4.78, 5) is 26.2. The van der Waals surface area contributed by atoms with Gasteiger partial charge >= 0.3 is 5.97 Å². The molecule has 1 aromatic rings. The molecule has 0 aromatic heterocycles. The van der Waals surface area contributed by atoms with Gasteiger partial charge in [-0.2, -0.15) is 0 Å². The van der Waals surface area contributed by atoms with Crippen molar-refractivity contribution in [2.75, 3.05) is 32.9 Å². The molecule has 6 nitrogen and oxygen atoms in total. The summed E-state index contributed by atoms with van der Waals surface area (Å²) in [6.07, 6.45) is 1.13. The zero-order chi connectivity index (χ0) is 17.1. The van der Waals surface area contributed by atoms with Gasteiger partial charge in [-0.05, 0) is 36.5 Å². The molecule has 2 aliphatic rings.